The van der Waals surface area contributed by atoms with Crippen LogP contribution in [0, 0.1) is 17.0 Å². The van der Waals surface area contributed by atoms with E-state index in [9.17, 15) is 19.7 Å². The zero-order valence-corrected chi connectivity index (χ0v) is 12.9. The minimum absolute atomic E-state index is 0.113. The Labute approximate surface area is 133 Å². The number of nitro groups is 1. The summed E-state index contributed by atoms with van der Waals surface area (Å²) in [5.41, 5.74) is 5.17. The smallest absolute Gasteiger partial charge is 0.286 e. The molecule has 0 aliphatic rings. The number of hydrazine groups is 1. The molecular formula is C13H11BrN4O4. The molecule has 3 N–H and O–H groups in total. The highest BCUT2D eigenvalue weighted by Crippen LogP contribution is 2.17. The van der Waals surface area contributed by atoms with Crippen molar-refractivity contribution in [1.29, 1.82) is 0 Å². The van der Waals surface area contributed by atoms with Crippen LogP contribution in [0.4, 0.5) is 5.69 Å². The molecule has 0 spiro atoms. The summed E-state index contributed by atoms with van der Waals surface area (Å²) in [5.74, 6) is -1.18. The third kappa shape index (κ3) is 3.50. The van der Waals surface area contributed by atoms with Crippen molar-refractivity contribution in [2.75, 3.05) is 0 Å². The maximum absolute atomic E-state index is 12.0. The van der Waals surface area contributed by atoms with Crippen LogP contribution in [0.1, 0.15) is 26.4 Å². The second-order valence-corrected chi connectivity index (χ2v) is 5.31. The maximum atomic E-state index is 12.0. The highest BCUT2D eigenvalue weighted by atomic mass is 79.9. The third-order valence-electron chi connectivity index (χ3n) is 2.86. The monoisotopic (exact) mass is 366 g/mol. The SMILES string of the molecule is Cc1ccc([N+](=O)[O-])cc1C(=O)NNC(=O)c1cc(Br)c[nH]1. The van der Waals surface area contributed by atoms with Crippen molar-refractivity contribution in [3.8, 4) is 0 Å². The lowest BCUT2D eigenvalue weighted by molar-refractivity contribution is -0.384. The lowest BCUT2D eigenvalue weighted by Crippen LogP contribution is -2.42. The minimum atomic E-state index is -0.639. The van der Waals surface area contributed by atoms with Crippen LogP contribution >= 0.6 is 15.9 Å². The Hall–Kier alpha value is -2.68. The van der Waals surface area contributed by atoms with Gasteiger partial charge in [-0.3, -0.25) is 30.6 Å². The van der Waals surface area contributed by atoms with Gasteiger partial charge >= 0.3 is 0 Å². The number of aromatic amines is 1. The number of nitro benzene ring substituents is 1. The summed E-state index contributed by atoms with van der Waals surface area (Å²) in [4.78, 5) is 36.6. The highest BCUT2D eigenvalue weighted by Gasteiger charge is 2.16. The molecular weight excluding hydrogens is 356 g/mol. The summed E-state index contributed by atoms with van der Waals surface area (Å²) in [6.45, 7) is 1.64. The van der Waals surface area contributed by atoms with Crippen LogP contribution in [0.25, 0.3) is 0 Å². The largest absolute Gasteiger partial charge is 0.356 e. The van der Waals surface area contributed by atoms with Gasteiger partial charge in [0.25, 0.3) is 17.5 Å². The Morgan fingerprint density at radius 1 is 1.23 bits per heavy atom. The first-order valence-electron chi connectivity index (χ1n) is 6.08. The van der Waals surface area contributed by atoms with Crippen molar-refractivity contribution in [2.24, 2.45) is 0 Å². The molecule has 0 fully saturated rings. The molecule has 1 aromatic carbocycles. The fraction of sp³-hybridized carbons (Fsp3) is 0.0769. The first-order chi connectivity index (χ1) is 10.4. The molecule has 0 aliphatic heterocycles. The van der Waals surface area contributed by atoms with Gasteiger partial charge in [-0.05, 0) is 34.5 Å². The maximum Gasteiger partial charge on any atom is 0.286 e. The van der Waals surface area contributed by atoms with Gasteiger partial charge in [-0.15, -0.1) is 0 Å². The van der Waals surface area contributed by atoms with Crippen LogP contribution in [0.3, 0.4) is 0 Å². The Morgan fingerprint density at radius 2 is 1.91 bits per heavy atom. The Morgan fingerprint density at radius 3 is 2.50 bits per heavy atom. The fourth-order valence-electron chi connectivity index (χ4n) is 1.72. The number of nitrogens with zero attached hydrogens (tertiary/aromatic N) is 1. The molecule has 114 valence electrons. The summed E-state index contributed by atoms with van der Waals surface area (Å²) in [6, 6.07) is 5.47. The van der Waals surface area contributed by atoms with Crippen molar-refractivity contribution in [2.45, 2.75) is 6.92 Å². The summed E-state index contributed by atoms with van der Waals surface area (Å²) in [7, 11) is 0. The number of carbonyl (C=O) groups is 2. The summed E-state index contributed by atoms with van der Waals surface area (Å²) in [5, 5.41) is 10.7. The average molecular weight is 367 g/mol. The zero-order valence-electron chi connectivity index (χ0n) is 11.3. The van der Waals surface area contributed by atoms with E-state index >= 15 is 0 Å². The molecule has 0 saturated carbocycles. The van der Waals surface area contributed by atoms with E-state index in [0.717, 1.165) is 6.07 Å². The molecule has 0 saturated heterocycles. The van der Waals surface area contributed by atoms with Crippen LogP contribution < -0.4 is 10.9 Å². The van der Waals surface area contributed by atoms with E-state index in [0.29, 0.717) is 10.0 Å². The molecule has 0 aliphatic carbocycles. The van der Waals surface area contributed by atoms with E-state index < -0.39 is 16.7 Å². The van der Waals surface area contributed by atoms with E-state index in [4.69, 9.17) is 0 Å². The van der Waals surface area contributed by atoms with Crippen molar-refractivity contribution in [3.63, 3.8) is 0 Å². The van der Waals surface area contributed by atoms with Crippen molar-refractivity contribution < 1.29 is 14.5 Å². The van der Waals surface area contributed by atoms with Gasteiger partial charge in [0.15, 0.2) is 0 Å². The van der Waals surface area contributed by atoms with Gasteiger partial charge in [-0.2, -0.15) is 0 Å². The predicted octanol–water partition coefficient (Wildman–Crippen LogP) is 2.07. The molecule has 0 unspecified atom stereocenters. The molecule has 2 aromatic rings. The van der Waals surface area contributed by atoms with Crippen molar-refractivity contribution in [1.82, 2.24) is 15.8 Å². The van der Waals surface area contributed by atoms with E-state index in [1.807, 2.05) is 0 Å². The number of non-ortho nitro benzene ring substituents is 1. The zero-order chi connectivity index (χ0) is 16.3. The number of halogens is 1. The Bertz CT molecular complexity index is 756. The normalized spacial score (nSPS) is 10.1. The molecule has 1 aromatic heterocycles. The second-order valence-electron chi connectivity index (χ2n) is 4.40. The van der Waals surface area contributed by atoms with Gasteiger partial charge in [0.05, 0.1) is 10.5 Å². The molecule has 0 atom stereocenters. The van der Waals surface area contributed by atoms with Gasteiger partial charge in [-0.25, -0.2) is 0 Å². The van der Waals surface area contributed by atoms with Crippen molar-refractivity contribution >= 4 is 33.4 Å². The Kier molecular flexibility index (Phi) is 4.56. The van der Waals surface area contributed by atoms with Gasteiger partial charge in [-0.1, -0.05) is 6.07 Å². The topological polar surface area (TPSA) is 117 Å². The molecule has 0 radical (unpaired) electrons. The number of H-pyrrole nitrogens is 1. The number of benzene rings is 1. The van der Waals surface area contributed by atoms with E-state index in [-0.39, 0.29) is 16.9 Å². The molecule has 8 nitrogen and oxygen atoms in total. The standard InChI is InChI=1S/C13H11BrN4O4/c1-7-2-3-9(18(21)22)5-10(7)12(19)16-17-13(20)11-4-8(14)6-15-11/h2-6,15H,1H3,(H,16,19)(H,17,20). The molecule has 2 amide bonds. The first-order valence-corrected chi connectivity index (χ1v) is 6.87. The number of aryl methyl sites for hydroxylation is 1. The summed E-state index contributed by atoms with van der Waals surface area (Å²) < 4.78 is 0.693. The average Bonchev–Trinajstić information content (AvgIpc) is 2.91. The van der Waals surface area contributed by atoms with Gasteiger partial charge < -0.3 is 4.98 Å². The van der Waals surface area contributed by atoms with E-state index in [2.05, 4.69) is 31.8 Å². The van der Waals surface area contributed by atoms with Gasteiger partial charge in [0.1, 0.15) is 5.69 Å². The number of hydrogen-bond donors (Lipinski definition) is 3. The van der Waals surface area contributed by atoms with E-state index in [1.54, 1.807) is 19.2 Å². The second kappa shape index (κ2) is 6.39. The minimum Gasteiger partial charge on any atom is -0.356 e. The predicted molar refractivity (Wildman–Crippen MR) is 81.3 cm³/mol. The number of amides is 2. The summed E-state index contributed by atoms with van der Waals surface area (Å²) >= 11 is 3.19. The molecule has 0 bridgehead atoms. The number of carbonyl (C=O) groups excluding carboxylic acids is 2. The quantitative estimate of drug-likeness (QED) is 0.569. The number of rotatable bonds is 3. The van der Waals surface area contributed by atoms with Crippen LogP contribution in [-0.4, -0.2) is 21.7 Å². The lowest BCUT2D eigenvalue weighted by atomic mass is 10.1. The van der Waals surface area contributed by atoms with Crippen molar-refractivity contribution in [3.05, 3.63) is 61.9 Å². The van der Waals surface area contributed by atoms with Crippen LogP contribution in [0.5, 0.6) is 0 Å². The molecule has 2 rings (SSSR count). The number of aromatic nitrogens is 1. The van der Waals surface area contributed by atoms with Crippen LogP contribution in [-0.2, 0) is 0 Å². The number of hydrogen-bond acceptors (Lipinski definition) is 4. The molecule has 9 heteroatoms. The Balaban J connectivity index is 2.08. The first kappa shape index (κ1) is 15.7. The van der Waals surface area contributed by atoms with E-state index in [1.165, 1.54) is 12.1 Å². The van der Waals surface area contributed by atoms with Gasteiger partial charge in [0.2, 0.25) is 0 Å². The lowest BCUT2D eigenvalue weighted by Gasteiger charge is -2.08. The van der Waals surface area contributed by atoms with Crippen LogP contribution in [0.15, 0.2) is 34.9 Å². The van der Waals surface area contributed by atoms with Gasteiger partial charge in [0, 0.05) is 22.8 Å². The number of nitrogens with one attached hydrogen (secondary N) is 3. The fourth-order valence-corrected chi connectivity index (χ4v) is 2.06. The summed E-state index contributed by atoms with van der Waals surface area (Å²) in [6.07, 6.45) is 1.57. The van der Waals surface area contributed by atoms with Crippen LogP contribution in [0.2, 0.25) is 0 Å². The molecule has 1 heterocycles. The highest BCUT2D eigenvalue weighted by molar-refractivity contribution is 9.10. The third-order valence-corrected chi connectivity index (χ3v) is 3.32. The molecule has 22 heavy (non-hydrogen) atoms.